The van der Waals surface area contributed by atoms with Crippen molar-refractivity contribution >= 4 is 23.5 Å². The van der Waals surface area contributed by atoms with Crippen LogP contribution in [0.2, 0.25) is 0 Å². The van der Waals surface area contributed by atoms with Crippen LogP contribution in [0, 0.1) is 17.3 Å². The van der Waals surface area contributed by atoms with Crippen LogP contribution in [-0.4, -0.2) is 22.9 Å². The largest absolute Gasteiger partial charge is 0.452 e. The van der Waals surface area contributed by atoms with Crippen molar-refractivity contribution in [3.63, 3.8) is 0 Å². The average molecular weight is 390 g/mol. The van der Waals surface area contributed by atoms with Crippen LogP contribution in [-0.2, 0) is 20.9 Å². The SMILES string of the molecule is CCC(OC(=O)C12CC3CC(CC(Cl)(C3)C1)C2)C(=O)NCc1ccccc1. The number of nitrogens with one attached hydrogen (secondary N) is 1. The molecule has 5 heteroatoms. The van der Waals surface area contributed by atoms with Gasteiger partial charge in [0.05, 0.1) is 5.41 Å². The van der Waals surface area contributed by atoms with Gasteiger partial charge in [-0.3, -0.25) is 9.59 Å². The molecule has 4 fully saturated rings. The molecule has 0 radical (unpaired) electrons. The molecular weight excluding hydrogens is 362 g/mol. The Hall–Kier alpha value is -1.55. The molecule has 1 aromatic carbocycles. The van der Waals surface area contributed by atoms with Crippen molar-refractivity contribution in [2.75, 3.05) is 0 Å². The van der Waals surface area contributed by atoms with Crippen molar-refractivity contribution < 1.29 is 14.3 Å². The van der Waals surface area contributed by atoms with E-state index in [0.29, 0.717) is 31.2 Å². The van der Waals surface area contributed by atoms with Gasteiger partial charge in [-0.25, -0.2) is 0 Å². The van der Waals surface area contributed by atoms with E-state index in [9.17, 15) is 9.59 Å². The summed E-state index contributed by atoms with van der Waals surface area (Å²) in [6, 6.07) is 9.74. The zero-order valence-corrected chi connectivity index (χ0v) is 16.6. The van der Waals surface area contributed by atoms with E-state index in [1.165, 1.54) is 6.42 Å². The van der Waals surface area contributed by atoms with Gasteiger partial charge in [0.15, 0.2) is 6.10 Å². The molecule has 0 heterocycles. The maximum atomic E-state index is 13.1. The van der Waals surface area contributed by atoms with Gasteiger partial charge in [0.25, 0.3) is 5.91 Å². The van der Waals surface area contributed by atoms with Gasteiger partial charge in [0.2, 0.25) is 0 Å². The molecule has 146 valence electrons. The molecule has 0 aliphatic heterocycles. The molecule has 3 unspecified atom stereocenters. The third-order valence-electron chi connectivity index (χ3n) is 6.64. The van der Waals surface area contributed by atoms with Crippen LogP contribution in [0.4, 0.5) is 0 Å². The molecule has 27 heavy (non-hydrogen) atoms. The summed E-state index contributed by atoms with van der Waals surface area (Å²) in [6.07, 6.45) is 5.43. The summed E-state index contributed by atoms with van der Waals surface area (Å²) in [5.41, 5.74) is 0.552. The number of hydrogen-bond donors (Lipinski definition) is 1. The maximum absolute atomic E-state index is 13.1. The normalized spacial score (nSPS) is 34.9. The highest BCUT2D eigenvalue weighted by molar-refractivity contribution is 6.24. The number of ether oxygens (including phenoxy) is 1. The molecule has 4 aliphatic carbocycles. The molecular formula is C22H28ClNO3. The Morgan fingerprint density at radius 3 is 2.44 bits per heavy atom. The second-order valence-corrected chi connectivity index (χ2v) is 9.70. The molecule has 1 amide bonds. The fourth-order valence-corrected chi connectivity index (χ4v) is 6.56. The minimum absolute atomic E-state index is 0.205. The zero-order chi connectivity index (χ0) is 19.1. The third kappa shape index (κ3) is 3.73. The van der Waals surface area contributed by atoms with Crippen molar-refractivity contribution in [2.24, 2.45) is 17.3 Å². The van der Waals surface area contributed by atoms with Gasteiger partial charge in [0.1, 0.15) is 0 Å². The second-order valence-electron chi connectivity index (χ2n) is 8.90. The number of alkyl halides is 1. The fourth-order valence-electron chi connectivity index (χ4n) is 5.86. The number of halogens is 1. The van der Waals surface area contributed by atoms with Crippen LogP contribution in [0.25, 0.3) is 0 Å². The Balaban J connectivity index is 1.39. The Morgan fingerprint density at radius 1 is 1.19 bits per heavy atom. The van der Waals surface area contributed by atoms with Crippen LogP contribution in [0.1, 0.15) is 57.4 Å². The first-order valence-corrected chi connectivity index (χ1v) is 10.5. The second kappa shape index (κ2) is 7.12. The minimum Gasteiger partial charge on any atom is -0.452 e. The van der Waals surface area contributed by atoms with Crippen LogP contribution < -0.4 is 5.32 Å². The van der Waals surface area contributed by atoms with E-state index in [1.807, 2.05) is 37.3 Å². The first-order chi connectivity index (χ1) is 12.9. The first-order valence-electron chi connectivity index (χ1n) is 10.1. The molecule has 4 aliphatic rings. The molecule has 0 spiro atoms. The molecule has 0 aromatic heterocycles. The summed E-state index contributed by atoms with van der Waals surface area (Å²) >= 11 is 6.83. The third-order valence-corrected chi connectivity index (χ3v) is 7.09. The zero-order valence-electron chi connectivity index (χ0n) is 15.9. The number of carbonyl (C=O) groups is 2. The van der Waals surface area contributed by atoms with Gasteiger partial charge in [-0.05, 0) is 62.3 Å². The smallest absolute Gasteiger partial charge is 0.312 e. The Labute approximate surface area is 166 Å². The summed E-state index contributed by atoms with van der Waals surface area (Å²) in [7, 11) is 0. The number of esters is 1. The monoisotopic (exact) mass is 389 g/mol. The standard InChI is InChI=1S/C22H28ClNO3/c1-2-18(19(25)24-13-15-6-4-3-5-7-15)27-20(26)21-9-16-8-17(10-21)12-22(23,11-16)14-21/h3-7,16-18H,2,8-14H2,1H3,(H,24,25). The maximum Gasteiger partial charge on any atom is 0.312 e. The van der Waals surface area contributed by atoms with Crippen LogP contribution in [0.5, 0.6) is 0 Å². The number of carbonyl (C=O) groups excluding carboxylic acids is 2. The topological polar surface area (TPSA) is 55.4 Å². The van der Waals surface area contributed by atoms with Crippen molar-refractivity contribution in [1.29, 1.82) is 0 Å². The predicted octanol–water partition coefficient (Wildman–Crippen LogP) is 4.20. The average Bonchev–Trinajstić information content (AvgIpc) is 2.62. The first kappa shape index (κ1) is 18.8. The number of benzene rings is 1. The van der Waals surface area contributed by atoms with Crippen molar-refractivity contribution in [2.45, 2.75) is 69.4 Å². The molecule has 0 saturated heterocycles. The van der Waals surface area contributed by atoms with Crippen LogP contribution >= 0.6 is 11.6 Å². The number of amides is 1. The van der Waals surface area contributed by atoms with Gasteiger partial charge in [-0.2, -0.15) is 0 Å². The van der Waals surface area contributed by atoms with E-state index >= 15 is 0 Å². The van der Waals surface area contributed by atoms with Crippen molar-refractivity contribution in [3.05, 3.63) is 35.9 Å². The fraction of sp³-hybridized carbons (Fsp3) is 0.636. The van der Waals surface area contributed by atoms with Crippen molar-refractivity contribution in [1.82, 2.24) is 5.32 Å². The number of hydrogen-bond acceptors (Lipinski definition) is 3. The van der Waals surface area contributed by atoms with E-state index < -0.39 is 11.5 Å². The van der Waals surface area contributed by atoms with E-state index in [2.05, 4.69) is 5.32 Å². The molecule has 4 saturated carbocycles. The molecule has 4 bridgehead atoms. The molecule has 1 aromatic rings. The summed E-state index contributed by atoms with van der Waals surface area (Å²) in [6.45, 7) is 2.32. The quantitative estimate of drug-likeness (QED) is 0.586. The summed E-state index contributed by atoms with van der Waals surface area (Å²) in [5, 5.41) is 2.89. The van der Waals surface area contributed by atoms with Gasteiger partial charge in [-0.15, -0.1) is 11.6 Å². The Kier molecular flexibility index (Phi) is 4.96. The summed E-state index contributed by atoms with van der Waals surface area (Å²) in [5.74, 6) is 0.634. The van der Waals surface area contributed by atoms with Crippen LogP contribution in [0.3, 0.4) is 0 Å². The highest BCUT2D eigenvalue weighted by Crippen LogP contribution is 2.64. The van der Waals surface area contributed by atoms with Gasteiger partial charge < -0.3 is 10.1 Å². The van der Waals surface area contributed by atoms with E-state index in [0.717, 1.165) is 31.2 Å². The lowest BCUT2D eigenvalue weighted by Gasteiger charge is -2.58. The lowest BCUT2D eigenvalue weighted by atomic mass is 9.49. The molecule has 5 rings (SSSR count). The van der Waals surface area contributed by atoms with Crippen LogP contribution in [0.15, 0.2) is 30.3 Å². The lowest BCUT2D eigenvalue weighted by Crippen LogP contribution is -2.57. The lowest BCUT2D eigenvalue weighted by molar-refractivity contribution is -0.178. The van der Waals surface area contributed by atoms with Gasteiger partial charge in [-0.1, -0.05) is 37.3 Å². The van der Waals surface area contributed by atoms with Gasteiger partial charge >= 0.3 is 5.97 Å². The minimum atomic E-state index is -0.736. The molecule has 1 N–H and O–H groups in total. The van der Waals surface area contributed by atoms with Crippen molar-refractivity contribution in [3.8, 4) is 0 Å². The molecule has 4 nitrogen and oxygen atoms in total. The van der Waals surface area contributed by atoms with E-state index in [1.54, 1.807) is 0 Å². The molecule has 3 atom stereocenters. The van der Waals surface area contributed by atoms with E-state index in [4.69, 9.17) is 16.3 Å². The predicted molar refractivity (Wildman–Crippen MR) is 104 cm³/mol. The summed E-state index contributed by atoms with van der Waals surface area (Å²) in [4.78, 5) is 25.4. The summed E-state index contributed by atoms with van der Waals surface area (Å²) < 4.78 is 5.77. The Morgan fingerprint density at radius 2 is 1.85 bits per heavy atom. The number of rotatable bonds is 6. The highest BCUT2D eigenvalue weighted by atomic mass is 35.5. The highest BCUT2D eigenvalue weighted by Gasteiger charge is 2.61. The Bertz CT molecular complexity index is 706. The van der Waals surface area contributed by atoms with E-state index in [-0.39, 0.29) is 16.8 Å². The van der Waals surface area contributed by atoms with Gasteiger partial charge in [0, 0.05) is 11.4 Å².